The van der Waals surface area contributed by atoms with Crippen molar-refractivity contribution in [3.05, 3.63) is 36.7 Å². The minimum Gasteiger partial charge on any atom is -0.255 e. The van der Waals surface area contributed by atoms with Crippen LogP contribution in [0.3, 0.4) is 0 Å². The minimum absolute atomic E-state index is 0.353. The molecule has 2 heterocycles. The molecule has 0 atom stereocenters. The number of hydrogen-bond acceptors (Lipinski definition) is 5. The first-order chi connectivity index (χ1) is 7.90. The fourth-order valence-electron chi connectivity index (χ4n) is 1.16. The van der Waals surface area contributed by atoms with Gasteiger partial charge in [0.25, 0.3) is 0 Å². The van der Waals surface area contributed by atoms with Crippen LogP contribution >= 0.6 is 11.8 Å². The molecule has 0 N–H and O–H groups in total. The second-order valence-electron chi connectivity index (χ2n) is 2.89. The molecule has 78 valence electrons. The zero-order chi connectivity index (χ0) is 11.2. The summed E-state index contributed by atoms with van der Waals surface area (Å²) in [6.07, 6.45) is 3.40. The van der Waals surface area contributed by atoms with Crippen LogP contribution in [0.5, 0.6) is 0 Å². The first-order valence-electron chi connectivity index (χ1n) is 4.64. The Morgan fingerprint density at radius 1 is 1.12 bits per heavy atom. The molecule has 2 aromatic rings. The molecule has 0 radical (unpaired) electrons. The van der Waals surface area contributed by atoms with Crippen LogP contribution in [0.25, 0.3) is 11.4 Å². The van der Waals surface area contributed by atoms with Crippen molar-refractivity contribution in [2.75, 3.05) is 5.75 Å². The molecule has 4 nitrogen and oxygen atoms in total. The van der Waals surface area contributed by atoms with Crippen molar-refractivity contribution in [2.24, 2.45) is 0 Å². The summed E-state index contributed by atoms with van der Waals surface area (Å²) in [4.78, 5) is 12.6. The number of nitrogens with zero attached hydrogens (tertiary/aromatic N) is 4. The van der Waals surface area contributed by atoms with Gasteiger partial charge in [0.15, 0.2) is 5.16 Å². The SMILES string of the molecule is N#CCSc1nccc(-c2ccccn2)n1. The van der Waals surface area contributed by atoms with E-state index in [9.17, 15) is 0 Å². The van der Waals surface area contributed by atoms with Crippen LogP contribution in [0.15, 0.2) is 41.8 Å². The van der Waals surface area contributed by atoms with Crippen LogP contribution < -0.4 is 0 Å². The smallest absolute Gasteiger partial charge is 0.189 e. The molecule has 0 amide bonds. The predicted molar refractivity (Wildman–Crippen MR) is 61.6 cm³/mol. The Labute approximate surface area is 97.4 Å². The molecule has 2 aromatic heterocycles. The summed E-state index contributed by atoms with van der Waals surface area (Å²) in [5, 5.41) is 9.08. The fourth-order valence-corrected chi connectivity index (χ4v) is 1.66. The van der Waals surface area contributed by atoms with Crippen LogP contribution in [-0.4, -0.2) is 20.7 Å². The lowest BCUT2D eigenvalue weighted by Gasteiger charge is -2.00. The van der Waals surface area contributed by atoms with Crippen LogP contribution in [0.4, 0.5) is 0 Å². The van der Waals surface area contributed by atoms with Crippen molar-refractivity contribution < 1.29 is 0 Å². The van der Waals surface area contributed by atoms with Gasteiger partial charge in [-0.1, -0.05) is 17.8 Å². The zero-order valence-corrected chi connectivity index (χ0v) is 9.18. The van der Waals surface area contributed by atoms with Crippen LogP contribution in [0.1, 0.15) is 0 Å². The first-order valence-corrected chi connectivity index (χ1v) is 5.63. The van der Waals surface area contributed by atoms with Crippen molar-refractivity contribution in [2.45, 2.75) is 5.16 Å². The number of aromatic nitrogens is 3. The number of nitriles is 1. The van der Waals surface area contributed by atoms with E-state index in [4.69, 9.17) is 5.26 Å². The van der Waals surface area contributed by atoms with E-state index in [0.717, 1.165) is 11.4 Å². The lowest BCUT2D eigenvalue weighted by molar-refractivity contribution is 0.970. The maximum absolute atomic E-state index is 8.48. The quantitative estimate of drug-likeness (QED) is 0.595. The van der Waals surface area contributed by atoms with E-state index < -0.39 is 0 Å². The van der Waals surface area contributed by atoms with Gasteiger partial charge in [0.1, 0.15) is 0 Å². The van der Waals surface area contributed by atoms with Crippen molar-refractivity contribution in [3.63, 3.8) is 0 Å². The average molecular weight is 228 g/mol. The lowest BCUT2D eigenvalue weighted by Crippen LogP contribution is -1.91. The van der Waals surface area contributed by atoms with Crippen molar-refractivity contribution in [3.8, 4) is 17.5 Å². The first kappa shape index (κ1) is 10.6. The van der Waals surface area contributed by atoms with Gasteiger partial charge >= 0.3 is 0 Å². The summed E-state index contributed by atoms with van der Waals surface area (Å²) in [6, 6.07) is 9.50. The minimum atomic E-state index is 0.353. The van der Waals surface area contributed by atoms with Crippen molar-refractivity contribution >= 4 is 11.8 Å². The maximum Gasteiger partial charge on any atom is 0.189 e. The van der Waals surface area contributed by atoms with Crippen LogP contribution in [-0.2, 0) is 0 Å². The lowest BCUT2D eigenvalue weighted by atomic mass is 10.3. The molecule has 0 aliphatic heterocycles. The third kappa shape index (κ3) is 2.55. The third-order valence-corrected chi connectivity index (χ3v) is 2.55. The van der Waals surface area contributed by atoms with Gasteiger partial charge in [0.2, 0.25) is 0 Å². The fraction of sp³-hybridized carbons (Fsp3) is 0.0909. The number of rotatable bonds is 3. The van der Waals surface area contributed by atoms with Crippen molar-refractivity contribution in [1.82, 2.24) is 15.0 Å². The molecular formula is C11H8N4S. The molecule has 2 rings (SSSR count). The number of thioether (sulfide) groups is 1. The summed E-state index contributed by atoms with van der Waals surface area (Å²) in [7, 11) is 0. The summed E-state index contributed by atoms with van der Waals surface area (Å²) >= 11 is 1.32. The second kappa shape index (κ2) is 5.24. The topological polar surface area (TPSA) is 62.5 Å². The van der Waals surface area contributed by atoms with Gasteiger partial charge in [-0.05, 0) is 18.2 Å². The predicted octanol–water partition coefficient (Wildman–Crippen LogP) is 2.15. The molecule has 5 heteroatoms. The molecule has 0 fully saturated rings. The highest BCUT2D eigenvalue weighted by atomic mass is 32.2. The molecule has 0 saturated carbocycles. The Hall–Kier alpha value is -1.93. The van der Waals surface area contributed by atoms with Gasteiger partial charge < -0.3 is 0 Å². The number of hydrogen-bond donors (Lipinski definition) is 0. The van der Waals surface area contributed by atoms with Gasteiger partial charge in [-0.2, -0.15) is 5.26 Å². The Bertz CT molecular complexity index is 507. The Morgan fingerprint density at radius 3 is 2.81 bits per heavy atom. The molecule has 0 unspecified atom stereocenters. The van der Waals surface area contributed by atoms with E-state index in [-0.39, 0.29) is 0 Å². The van der Waals surface area contributed by atoms with Gasteiger partial charge in [-0.25, -0.2) is 9.97 Å². The largest absolute Gasteiger partial charge is 0.255 e. The summed E-state index contributed by atoms with van der Waals surface area (Å²) in [5.41, 5.74) is 1.58. The van der Waals surface area contributed by atoms with Gasteiger partial charge in [0.05, 0.1) is 23.2 Å². The van der Waals surface area contributed by atoms with E-state index >= 15 is 0 Å². The molecule has 0 saturated heterocycles. The van der Waals surface area contributed by atoms with E-state index in [2.05, 4.69) is 15.0 Å². The molecular weight excluding hydrogens is 220 g/mol. The highest BCUT2D eigenvalue weighted by molar-refractivity contribution is 7.99. The number of pyridine rings is 1. The molecule has 0 aliphatic carbocycles. The van der Waals surface area contributed by atoms with E-state index in [0.29, 0.717) is 10.9 Å². The Morgan fingerprint density at radius 2 is 2.06 bits per heavy atom. The summed E-state index contributed by atoms with van der Waals surface area (Å²) in [6.45, 7) is 0. The molecule has 0 aliphatic rings. The molecule has 0 aromatic carbocycles. The molecule has 16 heavy (non-hydrogen) atoms. The summed E-state index contributed by atoms with van der Waals surface area (Å²) in [5.74, 6) is 0.353. The maximum atomic E-state index is 8.48. The van der Waals surface area contributed by atoms with Gasteiger partial charge in [-0.15, -0.1) is 0 Å². The highest BCUT2D eigenvalue weighted by Crippen LogP contribution is 2.17. The zero-order valence-electron chi connectivity index (χ0n) is 8.37. The summed E-state index contributed by atoms with van der Waals surface area (Å²) < 4.78 is 0. The standard InChI is InChI=1S/C11H8N4S/c12-5-8-16-11-14-7-4-10(15-11)9-3-1-2-6-13-9/h1-4,6-7H,8H2. The van der Waals surface area contributed by atoms with E-state index in [1.54, 1.807) is 18.5 Å². The third-order valence-electron chi connectivity index (χ3n) is 1.83. The average Bonchev–Trinajstić information content (AvgIpc) is 2.38. The molecule has 0 spiro atoms. The Balaban J connectivity index is 2.26. The molecule has 0 bridgehead atoms. The van der Waals surface area contributed by atoms with E-state index in [1.165, 1.54) is 11.8 Å². The van der Waals surface area contributed by atoms with Crippen LogP contribution in [0, 0.1) is 11.3 Å². The monoisotopic (exact) mass is 228 g/mol. The Kier molecular flexibility index (Phi) is 3.46. The van der Waals surface area contributed by atoms with Crippen LogP contribution in [0.2, 0.25) is 0 Å². The van der Waals surface area contributed by atoms with Crippen molar-refractivity contribution in [1.29, 1.82) is 5.26 Å². The second-order valence-corrected chi connectivity index (χ2v) is 3.83. The normalized spacial score (nSPS) is 9.69. The van der Waals surface area contributed by atoms with Gasteiger partial charge in [0, 0.05) is 12.4 Å². The van der Waals surface area contributed by atoms with Gasteiger partial charge in [-0.3, -0.25) is 4.98 Å². The highest BCUT2D eigenvalue weighted by Gasteiger charge is 2.02. The van der Waals surface area contributed by atoms with E-state index in [1.807, 2.05) is 24.3 Å².